The number of sulfonamides is 1. The molecule has 0 aliphatic carbocycles. The Hall–Kier alpha value is -1.64. The molecule has 0 radical (unpaired) electrons. The van der Waals surface area contributed by atoms with Crippen molar-refractivity contribution in [3.63, 3.8) is 0 Å². The van der Waals surface area contributed by atoms with Gasteiger partial charge in [-0.2, -0.15) is 4.83 Å². The summed E-state index contributed by atoms with van der Waals surface area (Å²) >= 11 is 0. The van der Waals surface area contributed by atoms with E-state index in [1.807, 2.05) is 0 Å². The first-order valence-corrected chi connectivity index (χ1v) is 5.46. The van der Waals surface area contributed by atoms with Gasteiger partial charge in [-0.15, -0.1) is 0 Å². The van der Waals surface area contributed by atoms with Crippen LogP contribution in [0.15, 0.2) is 27.9 Å². The maximum atomic E-state index is 11.3. The van der Waals surface area contributed by atoms with Crippen molar-refractivity contribution >= 4 is 21.1 Å². The average molecular weight is 228 g/mol. The number of nitrogens with two attached hydrogens (primary N) is 1. The van der Waals surface area contributed by atoms with Crippen LogP contribution in [-0.4, -0.2) is 18.4 Å². The van der Waals surface area contributed by atoms with Gasteiger partial charge in [-0.1, -0.05) is 0 Å². The van der Waals surface area contributed by atoms with Crippen LogP contribution in [0, 0.1) is 0 Å². The number of hydrogen-bond donors (Lipinski definition) is 4. The van der Waals surface area contributed by atoms with Gasteiger partial charge >= 0.3 is 5.69 Å². The molecule has 1 aromatic heterocycles. The maximum absolute atomic E-state index is 11.3. The Morgan fingerprint density at radius 3 is 2.53 bits per heavy atom. The van der Waals surface area contributed by atoms with Gasteiger partial charge in [0.15, 0.2) is 0 Å². The summed E-state index contributed by atoms with van der Waals surface area (Å²) < 4.78 is 22.6. The van der Waals surface area contributed by atoms with Crippen molar-refractivity contribution < 1.29 is 8.42 Å². The molecule has 0 atom stereocenters. The fourth-order valence-corrected chi connectivity index (χ4v) is 1.90. The Bertz CT molecular complexity index is 654. The van der Waals surface area contributed by atoms with Crippen molar-refractivity contribution in [3.05, 3.63) is 28.7 Å². The summed E-state index contributed by atoms with van der Waals surface area (Å²) in [6.45, 7) is 0. The zero-order chi connectivity index (χ0) is 11.1. The van der Waals surface area contributed by atoms with Crippen molar-refractivity contribution in [2.24, 2.45) is 5.84 Å². The number of nitrogens with one attached hydrogen (secondary N) is 3. The zero-order valence-corrected chi connectivity index (χ0v) is 8.26. The van der Waals surface area contributed by atoms with E-state index < -0.39 is 10.0 Å². The Labute approximate surface area is 84.3 Å². The van der Waals surface area contributed by atoms with Crippen LogP contribution in [-0.2, 0) is 10.0 Å². The molecule has 0 unspecified atom stereocenters. The summed E-state index contributed by atoms with van der Waals surface area (Å²) in [7, 11) is -3.69. The number of aromatic amines is 2. The van der Waals surface area contributed by atoms with Crippen molar-refractivity contribution in [1.82, 2.24) is 14.8 Å². The number of rotatable bonds is 2. The van der Waals surface area contributed by atoms with Crippen molar-refractivity contribution in [2.45, 2.75) is 4.90 Å². The minimum Gasteiger partial charge on any atom is -0.306 e. The highest BCUT2D eigenvalue weighted by atomic mass is 32.2. The summed E-state index contributed by atoms with van der Waals surface area (Å²) in [6.07, 6.45) is 0. The molecule has 0 amide bonds. The minimum absolute atomic E-state index is 0.00671. The molecular weight excluding hydrogens is 220 g/mol. The first kappa shape index (κ1) is 9.90. The predicted molar refractivity (Wildman–Crippen MR) is 53.4 cm³/mol. The number of fused-ring (bicyclic) bond motifs is 1. The summed E-state index contributed by atoms with van der Waals surface area (Å²) in [5.74, 6) is 4.87. The van der Waals surface area contributed by atoms with Gasteiger partial charge in [-0.25, -0.2) is 13.2 Å². The molecule has 0 spiro atoms. The van der Waals surface area contributed by atoms with Crippen LogP contribution in [0.4, 0.5) is 0 Å². The van der Waals surface area contributed by atoms with Gasteiger partial charge in [0, 0.05) is 0 Å². The Morgan fingerprint density at radius 1 is 1.20 bits per heavy atom. The highest BCUT2D eigenvalue weighted by Gasteiger charge is 2.12. The van der Waals surface area contributed by atoms with E-state index in [-0.39, 0.29) is 10.6 Å². The molecule has 7 nitrogen and oxygen atoms in total. The van der Waals surface area contributed by atoms with Crippen molar-refractivity contribution in [2.75, 3.05) is 0 Å². The van der Waals surface area contributed by atoms with Gasteiger partial charge in [0.1, 0.15) is 0 Å². The largest absolute Gasteiger partial charge is 0.323 e. The quantitative estimate of drug-likeness (QED) is 0.389. The highest BCUT2D eigenvalue weighted by molar-refractivity contribution is 7.89. The standard InChI is InChI=1S/C7H8N4O3S/c8-11-15(13,14)4-1-2-5-6(3-4)10-7(12)9-5/h1-3,11H,8H2,(H2,9,10,12). The molecule has 0 saturated carbocycles. The molecule has 0 saturated heterocycles. The van der Waals surface area contributed by atoms with E-state index >= 15 is 0 Å². The van der Waals surface area contributed by atoms with Crippen LogP contribution in [0.2, 0.25) is 0 Å². The van der Waals surface area contributed by atoms with E-state index in [9.17, 15) is 13.2 Å². The Balaban J connectivity index is 2.71. The van der Waals surface area contributed by atoms with Gasteiger partial charge in [0.05, 0.1) is 15.9 Å². The fraction of sp³-hybridized carbons (Fsp3) is 0. The lowest BCUT2D eigenvalue weighted by atomic mass is 10.3. The minimum atomic E-state index is -3.69. The van der Waals surface area contributed by atoms with Crippen LogP contribution in [0.3, 0.4) is 0 Å². The van der Waals surface area contributed by atoms with Gasteiger partial charge in [0.25, 0.3) is 10.0 Å². The summed E-state index contributed by atoms with van der Waals surface area (Å²) in [6, 6.07) is 4.15. The number of benzene rings is 1. The van der Waals surface area contributed by atoms with Crippen molar-refractivity contribution in [1.29, 1.82) is 0 Å². The summed E-state index contributed by atoms with van der Waals surface area (Å²) in [5.41, 5.74) is 0.563. The molecule has 0 aliphatic rings. The van der Waals surface area contributed by atoms with Crippen molar-refractivity contribution in [3.8, 4) is 0 Å². The fourth-order valence-electron chi connectivity index (χ4n) is 1.25. The molecule has 1 aromatic carbocycles. The number of hydrazine groups is 1. The van der Waals surface area contributed by atoms with Gasteiger partial charge in [-0.3, -0.25) is 5.84 Å². The number of H-pyrrole nitrogens is 2. The second kappa shape index (κ2) is 3.19. The third kappa shape index (κ3) is 1.65. The van der Waals surface area contributed by atoms with Crippen LogP contribution in [0.25, 0.3) is 11.0 Å². The Morgan fingerprint density at radius 2 is 1.87 bits per heavy atom. The smallest absolute Gasteiger partial charge is 0.306 e. The zero-order valence-electron chi connectivity index (χ0n) is 7.44. The average Bonchev–Trinajstić information content (AvgIpc) is 2.56. The lowest BCUT2D eigenvalue weighted by Crippen LogP contribution is -2.30. The molecule has 5 N–H and O–H groups in total. The molecule has 2 aromatic rings. The SMILES string of the molecule is NNS(=O)(=O)c1ccc2[nH]c(=O)[nH]c2c1. The van der Waals surface area contributed by atoms with E-state index in [1.54, 1.807) is 4.83 Å². The number of imidazole rings is 1. The molecule has 80 valence electrons. The normalized spacial score (nSPS) is 12.1. The molecular formula is C7H8N4O3S. The molecule has 8 heteroatoms. The molecule has 15 heavy (non-hydrogen) atoms. The van der Waals surface area contributed by atoms with Crippen LogP contribution >= 0.6 is 0 Å². The number of aromatic nitrogens is 2. The molecule has 0 fully saturated rings. The van der Waals surface area contributed by atoms with Crippen LogP contribution < -0.4 is 16.4 Å². The van der Waals surface area contributed by atoms with E-state index in [1.165, 1.54) is 18.2 Å². The van der Waals surface area contributed by atoms with Gasteiger partial charge in [0.2, 0.25) is 0 Å². The van der Waals surface area contributed by atoms with E-state index in [2.05, 4.69) is 9.97 Å². The highest BCUT2D eigenvalue weighted by Crippen LogP contribution is 2.13. The Kier molecular flexibility index (Phi) is 2.11. The van der Waals surface area contributed by atoms with E-state index in [0.29, 0.717) is 11.0 Å². The topological polar surface area (TPSA) is 121 Å². The molecule has 1 heterocycles. The van der Waals surface area contributed by atoms with E-state index in [4.69, 9.17) is 5.84 Å². The van der Waals surface area contributed by atoms with Crippen LogP contribution in [0.1, 0.15) is 0 Å². The third-order valence-electron chi connectivity index (χ3n) is 1.95. The monoisotopic (exact) mass is 228 g/mol. The second-order valence-corrected chi connectivity index (χ2v) is 4.62. The van der Waals surface area contributed by atoms with E-state index in [0.717, 1.165) is 0 Å². The first-order chi connectivity index (χ1) is 7.03. The first-order valence-electron chi connectivity index (χ1n) is 3.97. The lowest BCUT2D eigenvalue weighted by molar-refractivity contribution is 0.584. The summed E-state index contributed by atoms with van der Waals surface area (Å²) in [4.78, 5) is 17.6. The van der Waals surface area contributed by atoms with Gasteiger partial charge < -0.3 is 9.97 Å². The third-order valence-corrected chi connectivity index (χ3v) is 3.14. The predicted octanol–water partition coefficient (Wildman–Crippen LogP) is -0.992. The lowest BCUT2D eigenvalue weighted by Gasteiger charge is -2.00. The molecule has 0 bridgehead atoms. The second-order valence-electron chi connectivity index (χ2n) is 2.91. The molecule has 2 rings (SSSR count). The number of hydrogen-bond acceptors (Lipinski definition) is 4. The van der Waals surface area contributed by atoms with Gasteiger partial charge in [-0.05, 0) is 18.2 Å². The maximum Gasteiger partial charge on any atom is 0.323 e. The molecule has 0 aliphatic heterocycles. The summed E-state index contributed by atoms with van der Waals surface area (Å²) in [5, 5.41) is 0. The van der Waals surface area contributed by atoms with Crippen LogP contribution in [0.5, 0.6) is 0 Å².